The van der Waals surface area contributed by atoms with E-state index in [4.69, 9.17) is 10.5 Å². The van der Waals surface area contributed by atoms with Gasteiger partial charge < -0.3 is 15.0 Å². The Hall–Kier alpha value is -0.800. The minimum Gasteiger partial charge on any atom is -0.380 e. The summed E-state index contributed by atoms with van der Waals surface area (Å²) in [6.07, 6.45) is 4.41. The van der Waals surface area contributed by atoms with E-state index in [0.717, 1.165) is 6.54 Å². The van der Waals surface area contributed by atoms with Gasteiger partial charge in [0, 0.05) is 32.1 Å². The maximum atomic E-state index is 6.07. The number of hydrogen-bond donors (Lipinski definition) is 1. The van der Waals surface area contributed by atoms with Crippen LogP contribution in [0.3, 0.4) is 0 Å². The largest absolute Gasteiger partial charge is 0.380 e. The summed E-state index contributed by atoms with van der Waals surface area (Å²) in [5.41, 5.74) is 7.27. The van der Waals surface area contributed by atoms with Gasteiger partial charge in [0.05, 0.1) is 6.10 Å². The molecule has 0 aromatic carbocycles. The summed E-state index contributed by atoms with van der Waals surface area (Å²) >= 11 is 0. The summed E-state index contributed by atoms with van der Waals surface area (Å²) in [7, 11) is 1.73. The Morgan fingerprint density at radius 3 is 2.60 bits per heavy atom. The van der Waals surface area contributed by atoms with Crippen LogP contribution in [0.15, 0.2) is 18.5 Å². The van der Waals surface area contributed by atoms with Crippen LogP contribution < -0.4 is 5.73 Å². The Balaban J connectivity index is 2.63. The van der Waals surface area contributed by atoms with E-state index in [1.54, 1.807) is 7.11 Å². The zero-order valence-corrected chi connectivity index (χ0v) is 10.1. The van der Waals surface area contributed by atoms with E-state index >= 15 is 0 Å². The smallest absolute Gasteiger partial charge is 0.0721 e. The number of methoxy groups -OCH3 is 1. The quantitative estimate of drug-likeness (QED) is 0.809. The van der Waals surface area contributed by atoms with E-state index in [-0.39, 0.29) is 12.1 Å². The van der Waals surface area contributed by atoms with Gasteiger partial charge in [-0.2, -0.15) is 0 Å². The Bertz CT molecular complexity index is 294. The van der Waals surface area contributed by atoms with E-state index in [0.29, 0.717) is 5.92 Å². The van der Waals surface area contributed by atoms with Crippen LogP contribution in [-0.4, -0.2) is 17.8 Å². The first-order chi connectivity index (χ1) is 7.04. The van der Waals surface area contributed by atoms with E-state index in [2.05, 4.69) is 43.8 Å². The normalized spacial score (nSPS) is 15.6. The number of ether oxygens (including phenoxy) is 1. The predicted molar refractivity (Wildman–Crippen MR) is 62.7 cm³/mol. The van der Waals surface area contributed by atoms with Crippen molar-refractivity contribution < 1.29 is 4.74 Å². The first-order valence-corrected chi connectivity index (χ1v) is 5.48. The predicted octanol–water partition coefficient (Wildman–Crippen LogP) is 2.18. The zero-order valence-electron chi connectivity index (χ0n) is 10.1. The van der Waals surface area contributed by atoms with Gasteiger partial charge in [0.25, 0.3) is 0 Å². The van der Waals surface area contributed by atoms with Gasteiger partial charge in [-0.15, -0.1) is 0 Å². The molecule has 2 atom stereocenters. The first-order valence-electron chi connectivity index (χ1n) is 5.48. The molecule has 1 aromatic heterocycles. The fraction of sp³-hybridized carbons (Fsp3) is 0.667. The van der Waals surface area contributed by atoms with E-state index in [1.165, 1.54) is 5.56 Å². The molecule has 0 spiro atoms. The molecule has 1 heterocycles. The Labute approximate surface area is 92.2 Å². The minimum absolute atomic E-state index is 0.129. The maximum absolute atomic E-state index is 6.07. The van der Waals surface area contributed by atoms with Crippen LogP contribution in [0.4, 0.5) is 0 Å². The third kappa shape index (κ3) is 3.36. The average molecular weight is 210 g/mol. The lowest BCUT2D eigenvalue weighted by molar-refractivity contribution is 0.103. The van der Waals surface area contributed by atoms with Gasteiger partial charge in [0.1, 0.15) is 0 Å². The van der Waals surface area contributed by atoms with Crippen molar-refractivity contribution in [3.8, 4) is 0 Å². The number of aromatic nitrogens is 1. The van der Waals surface area contributed by atoms with Crippen molar-refractivity contribution in [2.24, 2.45) is 11.7 Å². The summed E-state index contributed by atoms with van der Waals surface area (Å²) in [5.74, 6) is 0.473. The van der Waals surface area contributed by atoms with Crippen molar-refractivity contribution in [2.75, 3.05) is 7.11 Å². The third-order valence-corrected chi connectivity index (χ3v) is 2.75. The second-order valence-electron chi connectivity index (χ2n) is 4.46. The van der Waals surface area contributed by atoms with Crippen LogP contribution in [0.1, 0.15) is 32.4 Å². The molecule has 0 aliphatic rings. The van der Waals surface area contributed by atoms with Gasteiger partial charge in [-0.25, -0.2) is 0 Å². The van der Waals surface area contributed by atoms with E-state index < -0.39 is 0 Å². The van der Waals surface area contributed by atoms with Crippen molar-refractivity contribution in [1.29, 1.82) is 0 Å². The van der Waals surface area contributed by atoms with Crippen molar-refractivity contribution in [1.82, 2.24) is 4.57 Å². The van der Waals surface area contributed by atoms with Crippen molar-refractivity contribution in [2.45, 2.75) is 39.5 Å². The van der Waals surface area contributed by atoms with Crippen LogP contribution >= 0.6 is 0 Å². The van der Waals surface area contributed by atoms with Gasteiger partial charge in [0.15, 0.2) is 0 Å². The molecule has 0 fully saturated rings. The van der Waals surface area contributed by atoms with Gasteiger partial charge in [0.2, 0.25) is 0 Å². The highest BCUT2D eigenvalue weighted by atomic mass is 16.5. The van der Waals surface area contributed by atoms with Gasteiger partial charge >= 0.3 is 0 Å². The molecule has 3 nitrogen and oxygen atoms in total. The van der Waals surface area contributed by atoms with E-state index in [9.17, 15) is 0 Å². The van der Waals surface area contributed by atoms with Crippen LogP contribution in [-0.2, 0) is 11.3 Å². The second kappa shape index (κ2) is 5.33. The topological polar surface area (TPSA) is 40.2 Å². The molecule has 0 bridgehead atoms. The molecule has 2 unspecified atom stereocenters. The number of nitrogens with zero attached hydrogens (tertiary/aromatic N) is 1. The Kier molecular flexibility index (Phi) is 4.36. The summed E-state index contributed by atoms with van der Waals surface area (Å²) < 4.78 is 7.35. The summed E-state index contributed by atoms with van der Waals surface area (Å²) in [6.45, 7) is 7.21. The molecule has 0 saturated heterocycles. The molecule has 0 aliphatic carbocycles. The number of hydrogen-bond acceptors (Lipinski definition) is 2. The van der Waals surface area contributed by atoms with Gasteiger partial charge in [-0.3, -0.25) is 0 Å². The van der Waals surface area contributed by atoms with E-state index in [1.807, 2.05) is 0 Å². The molecule has 0 aliphatic heterocycles. The fourth-order valence-corrected chi connectivity index (χ4v) is 1.53. The highest BCUT2D eigenvalue weighted by molar-refractivity contribution is 5.15. The van der Waals surface area contributed by atoms with Crippen LogP contribution in [0.5, 0.6) is 0 Å². The average Bonchev–Trinajstić information content (AvgIpc) is 2.64. The number of rotatable bonds is 5. The lowest BCUT2D eigenvalue weighted by Gasteiger charge is -2.14. The standard InChI is InChI=1S/C12H22N2O/c1-9(2)12(13)11-5-6-14(8-11)7-10(3)15-4/h5-6,8-10,12H,7,13H2,1-4H3. The van der Waals surface area contributed by atoms with Crippen molar-refractivity contribution >= 4 is 0 Å². The molecule has 1 rings (SSSR count). The highest BCUT2D eigenvalue weighted by Crippen LogP contribution is 2.19. The highest BCUT2D eigenvalue weighted by Gasteiger charge is 2.11. The molecule has 1 aromatic rings. The summed E-state index contributed by atoms with van der Waals surface area (Å²) in [5, 5.41) is 0. The van der Waals surface area contributed by atoms with Gasteiger partial charge in [-0.1, -0.05) is 13.8 Å². The monoisotopic (exact) mass is 210 g/mol. The van der Waals surface area contributed by atoms with Crippen LogP contribution in [0.25, 0.3) is 0 Å². The number of nitrogens with two attached hydrogens (primary N) is 1. The molecule has 2 N–H and O–H groups in total. The summed E-state index contributed by atoms with van der Waals surface area (Å²) in [6, 6.07) is 2.22. The van der Waals surface area contributed by atoms with Crippen molar-refractivity contribution in [3.63, 3.8) is 0 Å². The van der Waals surface area contributed by atoms with Crippen molar-refractivity contribution in [3.05, 3.63) is 24.0 Å². The molecular formula is C12H22N2O. The lowest BCUT2D eigenvalue weighted by Crippen LogP contribution is -2.16. The molecule has 0 radical (unpaired) electrons. The third-order valence-electron chi connectivity index (χ3n) is 2.75. The van der Waals surface area contributed by atoms with Crippen LogP contribution in [0.2, 0.25) is 0 Å². The molecule has 86 valence electrons. The summed E-state index contributed by atoms with van der Waals surface area (Å²) in [4.78, 5) is 0. The Morgan fingerprint density at radius 2 is 2.07 bits per heavy atom. The molecule has 0 saturated carbocycles. The fourth-order valence-electron chi connectivity index (χ4n) is 1.53. The second-order valence-corrected chi connectivity index (χ2v) is 4.46. The van der Waals surface area contributed by atoms with Crippen LogP contribution in [0, 0.1) is 5.92 Å². The molecule has 15 heavy (non-hydrogen) atoms. The Morgan fingerprint density at radius 1 is 1.40 bits per heavy atom. The zero-order chi connectivity index (χ0) is 11.4. The molecular weight excluding hydrogens is 188 g/mol. The van der Waals surface area contributed by atoms with Gasteiger partial charge in [-0.05, 0) is 24.5 Å². The first kappa shape index (κ1) is 12.3. The molecule has 3 heteroatoms. The molecule has 0 amide bonds. The maximum Gasteiger partial charge on any atom is 0.0721 e. The lowest BCUT2D eigenvalue weighted by atomic mass is 10.00. The SMILES string of the molecule is COC(C)Cn1ccc(C(N)C(C)C)c1. The minimum atomic E-state index is 0.129.